The molecular weight excluding hydrogens is 160 g/mol. The maximum atomic E-state index is 11.3. The van der Waals surface area contributed by atoms with Gasteiger partial charge in [0.25, 0.3) is 0 Å². The van der Waals surface area contributed by atoms with Crippen LogP contribution >= 0.6 is 0 Å². The van der Waals surface area contributed by atoms with Crippen LogP contribution in [0, 0.1) is 5.92 Å². The molecule has 0 fully saturated rings. The van der Waals surface area contributed by atoms with Gasteiger partial charge in [0, 0.05) is 16.6 Å². The van der Waals surface area contributed by atoms with Gasteiger partial charge in [-0.3, -0.25) is 9.00 Å². The van der Waals surface area contributed by atoms with Crippen molar-refractivity contribution in [2.75, 3.05) is 5.75 Å². The van der Waals surface area contributed by atoms with E-state index in [-0.39, 0.29) is 11.0 Å². The van der Waals surface area contributed by atoms with Crippen LogP contribution < -0.4 is 0 Å². The zero-order valence-corrected chi connectivity index (χ0v) is 8.40. The Morgan fingerprint density at radius 3 is 2.09 bits per heavy atom. The fourth-order valence-electron chi connectivity index (χ4n) is 0.658. The van der Waals surface area contributed by atoms with Crippen molar-refractivity contribution in [1.29, 1.82) is 0 Å². The highest BCUT2D eigenvalue weighted by molar-refractivity contribution is 7.86. The molecule has 0 aromatic heterocycles. The molecule has 2 atom stereocenters. The van der Waals surface area contributed by atoms with Crippen molar-refractivity contribution in [3.63, 3.8) is 0 Å². The lowest BCUT2D eigenvalue weighted by atomic mass is 10.3. The topological polar surface area (TPSA) is 34.1 Å². The summed E-state index contributed by atoms with van der Waals surface area (Å²) in [6.07, 6.45) is 0. The minimum absolute atomic E-state index is 0.0176. The standard InChI is InChI=1S/C8H16O2S/c1-6(2)5-11(10)8(4)7(3)9/h6,8H,5H2,1-4H3. The van der Waals surface area contributed by atoms with Gasteiger partial charge in [-0.05, 0) is 19.8 Å². The minimum Gasteiger partial charge on any atom is -0.299 e. The Balaban J connectivity index is 3.93. The van der Waals surface area contributed by atoms with Crippen LogP contribution in [0.5, 0.6) is 0 Å². The highest BCUT2D eigenvalue weighted by Crippen LogP contribution is 2.03. The Bertz CT molecular complexity index is 163. The van der Waals surface area contributed by atoms with E-state index in [9.17, 15) is 9.00 Å². The summed E-state index contributed by atoms with van der Waals surface area (Å²) in [7, 11) is -0.975. The molecule has 3 heteroatoms. The molecule has 66 valence electrons. The second-order valence-electron chi connectivity index (χ2n) is 3.19. The highest BCUT2D eigenvalue weighted by atomic mass is 32.2. The van der Waals surface area contributed by atoms with Gasteiger partial charge < -0.3 is 0 Å². The van der Waals surface area contributed by atoms with Gasteiger partial charge in [-0.25, -0.2) is 0 Å². The predicted molar refractivity (Wildman–Crippen MR) is 48.0 cm³/mol. The highest BCUT2D eigenvalue weighted by Gasteiger charge is 2.16. The van der Waals surface area contributed by atoms with Gasteiger partial charge in [0.1, 0.15) is 5.78 Å². The van der Waals surface area contributed by atoms with Crippen LogP contribution in [0.15, 0.2) is 0 Å². The van der Waals surface area contributed by atoms with Crippen LogP contribution in [-0.2, 0) is 15.6 Å². The second-order valence-corrected chi connectivity index (χ2v) is 5.00. The van der Waals surface area contributed by atoms with Crippen LogP contribution in [0.25, 0.3) is 0 Å². The first-order valence-electron chi connectivity index (χ1n) is 3.82. The number of carbonyl (C=O) groups excluding carboxylic acids is 1. The van der Waals surface area contributed by atoms with Crippen molar-refractivity contribution in [1.82, 2.24) is 0 Å². The Labute approximate surface area is 70.8 Å². The quantitative estimate of drug-likeness (QED) is 0.648. The fraction of sp³-hybridized carbons (Fsp3) is 0.875. The SMILES string of the molecule is CC(=O)C(C)S(=O)CC(C)C. The van der Waals surface area contributed by atoms with Gasteiger partial charge in [-0.2, -0.15) is 0 Å². The van der Waals surface area contributed by atoms with Crippen molar-refractivity contribution < 1.29 is 9.00 Å². The van der Waals surface area contributed by atoms with E-state index in [0.29, 0.717) is 11.7 Å². The number of carbonyl (C=O) groups is 1. The van der Waals surface area contributed by atoms with Gasteiger partial charge in [0.2, 0.25) is 0 Å². The third kappa shape index (κ3) is 4.30. The summed E-state index contributed by atoms with van der Waals surface area (Å²) in [5, 5.41) is -0.294. The normalized spacial score (nSPS) is 16.5. The molecule has 0 aliphatic rings. The lowest BCUT2D eigenvalue weighted by molar-refractivity contribution is -0.116. The van der Waals surface area contributed by atoms with E-state index in [1.807, 2.05) is 13.8 Å². The van der Waals surface area contributed by atoms with Crippen LogP contribution in [0.3, 0.4) is 0 Å². The first-order valence-corrected chi connectivity index (χ1v) is 5.21. The summed E-state index contributed by atoms with van der Waals surface area (Å²) < 4.78 is 11.3. The zero-order chi connectivity index (χ0) is 9.02. The third-order valence-electron chi connectivity index (χ3n) is 1.46. The van der Waals surface area contributed by atoms with Gasteiger partial charge in [-0.1, -0.05) is 13.8 Å². The fourth-order valence-corrected chi connectivity index (χ4v) is 1.97. The lowest BCUT2D eigenvalue weighted by Gasteiger charge is -2.09. The number of hydrogen-bond donors (Lipinski definition) is 0. The summed E-state index contributed by atoms with van der Waals surface area (Å²) in [6.45, 7) is 7.22. The second kappa shape index (κ2) is 4.65. The molecule has 2 nitrogen and oxygen atoms in total. The van der Waals surface area contributed by atoms with Crippen molar-refractivity contribution in [2.24, 2.45) is 5.92 Å². The Morgan fingerprint density at radius 2 is 1.82 bits per heavy atom. The molecule has 0 amide bonds. The molecule has 0 N–H and O–H groups in total. The molecule has 11 heavy (non-hydrogen) atoms. The summed E-state index contributed by atoms with van der Waals surface area (Å²) in [5.41, 5.74) is 0. The van der Waals surface area contributed by atoms with E-state index in [2.05, 4.69) is 0 Å². The molecule has 0 bridgehead atoms. The average Bonchev–Trinajstić information content (AvgIpc) is 1.84. The molecular formula is C8H16O2S. The van der Waals surface area contributed by atoms with E-state index in [0.717, 1.165) is 0 Å². The van der Waals surface area contributed by atoms with E-state index in [1.54, 1.807) is 6.92 Å². The molecule has 0 aliphatic carbocycles. The van der Waals surface area contributed by atoms with Crippen molar-refractivity contribution in [3.05, 3.63) is 0 Å². The number of rotatable bonds is 4. The number of ketones is 1. The predicted octanol–water partition coefficient (Wildman–Crippen LogP) is 1.37. The van der Waals surface area contributed by atoms with Crippen molar-refractivity contribution >= 4 is 16.6 Å². The van der Waals surface area contributed by atoms with E-state index in [4.69, 9.17) is 0 Å². The molecule has 2 unspecified atom stereocenters. The van der Waals surface area contributed by atoms with Crippen LogP contribution in [0.4, 0.5) is 0 Å². The molecule has 0 heterocycles. The third-order valence-corrected chi connectivity index (χ3v) is 3.58. The Hall–Kier alpha value is -0.180. The molecule has 0 aliphatic heterocycles. The average molecular weight is 176 g/mol. The van der Waals surface area contributed by atoms with E-state index < -0.39 is 10.8 Å². The van der Waals surface area contributed by atoms with Gasteiger partial charge >= 0.3 is 0 Å². The minimum atomic E-state index is -0.975. The molecule has 0 radical (unpaired) electrons. The van der Waals surface area contributed by atoms with Crippen LogP contribution in [-0.4, -0.2) is 21.0 Å². The van der Waals surface area contributed by atoms with E-state index >= 15 is 0 Å². The smallest absolute Gasteiger partial charge is 0.145 e. The van der Waals surface area contributed by atoms with Crippen LogP contribution in [0.1, 0.15) is 27.7 Å². The van der Waals surface area contributed by atoms with Gasteiger partial charge in [0.15, 0.2) is 0 Å². The molecule has 0 aromatic carbocycles. The van der Waals surface area contributed by atoms with Gasteiger partial charge in [0.05, 0.1) is 5.25 Å². The lowest BCUT2D eigenvalue weighted by Crippen LogP contribution is -2.23. The molecule has 0 aromatic rings. The molecule has 0 spiro atoms. The zero-order valence-electron chi connectivity index (χ0n) is 7.59. The first kappa shape index (κ1) is 10.8. The summed E-state index contributed by atoms with van der Waals surface area (Å²) >= 11 is 0. The first-order chi connectivity index (χ1) is 4.95. The maximum absolute atomic E-state index is 11.3. The Morgan fingerprint density at radius 1 is 1.36 bits per heavy atom. The molecule has 0 rings (SSSR count). The van der Waals surface area contributed by atoms with Crippen molar-refractivity contribution in [3.8, 4) is 0 Å². The largest absolute Gasteiger partial charge is 0.299 e. The summed E-state index contributed by atoms with van der Waals surface area (Å²) in [6, 6.07) is 0. The summed E-state index contributed by atoms with van der Waals surface area (Å²) in [5.74, 6) is 1.04. The number of hydrogen-bond acceptors (Lipinski definition) is 2. The van der Waals surface area contributed by atoms with Gasteiger partial charge in [-0.15, -0.1) is 0 Å². The van der Waals surface area contributed by atoms with Crippen molar-refractivity contribution in [2.45, 2.75) is 32.9 Å². The summed E-state index contributed by atoms with van der Waals surface area (Å²) in [4.78, 5) is 10.8. The monoisotopic (exact) mass is 176 g/mol. The Kier molecular flexibility index (Phi) is 4.57. The molecule has 0 saturated carbocycles. The van der Waals surface area contributed by atoms with E-state index in [1.165, 1.54) is 6.92 Å². The number of Topliss-reactive ketones (excluding diaryl/α,β-unsaturated/α-hetero) is 1. The maximum Gasteiger partial charge on any atom is 0.145 e. The van der Waals surface area contributed by atoms with Crippen LogP contribution in [0.2, 0.25) is 0 Å². The molecule has 0 saturated heterocycles.